The smallest absolute Gasteiger partial charge is 0.0620 e. The van der Waals surface area contributed by atoms with E-state index in [0.717, 1.165) is 6.42 Å². The topological polar surface area (TPSA) is 20.2 Å². The van der Waals surface area contributed by atoms with Crippen molar-refractivity contribution in [3.63, 3.8) is 0 Å². The molecule has 1 unspecified atom stereocenters. The molecule has 1 N–H and O–H groups in total. The molecule has 0 saturated heterocycles. The van der Waals surface area contributed by atoms with Crippen molar-refractivity contribution in [3.05, 3.63) is 12.2 Å². The van der Waals surface area contributed by atoms with E-state index in [1.165, 1.54) is 37.7 Å². The molecule has 0 heterocycles. The third kappa shape index (κ3) is 2.07. The van der Waals surface area contributed by atoms with Crippen LogP contribution in [0.3, 0.4) is 0 Å². The summed E-state index contributed by atoms with van der Waals surface area (Å²) >= 11 is 0. The number of rotatable bonds is 1. The second kappa shape index (κ2) is 3.87. The highest BCUT2D eigenvalue weighted by molar-refractivity contribution is 5.13. The van der Waals surface area contributed by atoms with E-state index < -0.39 is 5.60 Å². The highest BCUT2D eigenvalue weighted by Gasteiger charge is 2.45. The van der Waals surface area contributed by atoms with Gasteiger partial charge in [-0.3, -0.25) is 0 Å². The Labute approximate surface area is 99.9 Å². The quantitative estimate of drug-likeness (QED) is 0.667. The van der Waals surface area contributed by atoms with Gasteiger partial charge in [-0.25, -0.2) is 0 Å². The van der Waals surface area contributed by atoms with Crippen molar-refractivity contribution in [3.8, 4) is 0 Å². The fourth-order valence-corrected chi connectivity index (χ4v) is 3.86. The first-order chi connectivity index (χ1) is 7.33. The minimum absolute atomic E-state index is 0.459. The highest BCUT2D eigenvalue weighted by atomic mass is 16.3. The van der Waals surface area contributed by atoms with Crippen LogP contribution in [-0.2, 0) is 0 Å². The molecule has 2 saturated carbocycles. The molecule has 0 bridgehead atoms. The molecular weight excluding hydrogens is 196 g/mol. The van der Waals surface area contributed by atoms with Crippen LogP contribution in [0.25, 0.3) is 0 Å². The van der Waals surface area contributed by atoms with Crippen molar-refractivity contribution in [2.24, 2.45) is 17.3 Å². The Morgan fingerprint density at radius 2 is 2.06 bits per heavy atom. The number of aliphatic hydroxyl groups is 1. The van der Waals surface area contributed by atoms with Crippen LogP contribution in [0, 0.1) is 17.3 Å². The average molecular weight is 222 g/mol. The standard InChI is InChI=1S/C15H26O/c1-11-6-5-8-15(4)9-7-12(10-13(11)15)14(2,3)16/h12-13,16H,1,5-10H2,2-4H3/t12-,13?,15+/m0/s1. The molecule has 2 aliphatic carbocycles. The van der Waals surface area contributed by atoms with E-state index in [4.69, 9.17) is 0 Å². The third-order valence-corrected chi connectivity index (χ3v) is 5.16. The van der Waals surface area contributed by atoms with Crippen molar-refractivity contribution in [1.29, 1.82) is 0 Å². The molecule has 1 heteroatoms. The third-order valence-electron chi connectivity index (χ3n) is 5.16. The molecule has 2 rings (SSSR count). The zero-order chi connectivity index (χ0) is 12.0. The van der Waals surface area contributed by atoms with Crippen molar-refractivity contribution in [2.45, 2.75) is 64.9 Å². The van der Waals surface area contributed by atoms with Gasteiger partial charge in [0, 0.05) is 0 Å². The Morgan fingerprint density at radius 1 is 1.38 bits per heavy atom. The van der Waals surface area contributed by atoms with E-state index in [1.807, 2.05) is 13.8 Å². The molecule has 0 spiro atoms. The summed E-state index contributed by atoms with van der Waals surface area (Å²) < 4.78 is 0. The van der Waals surface area contributed by atoms with E-state index in [2.05, 4.69) is 13.5 Å². The summed E-state index contributed by atoms with van der Waals surface area (Å²) in [6.07, 6.45) is 7.49. The van der Waals surface area contributed by atoms with E-state index in [9.17, 15) is 5.11 Å². The SMILES string of the molecule is C=C1CCC[C@]2(C)CC[C@H](C(C)(C)O)CC12. The van der Waals surface area contributed by atoms with E-state index >= 15 is 0 Å². The Hall–Kier alpha value is -0.300. The Morgan fingerprint density at radius 3 is 2.69 bits per heavy atom. The molecule has 0 aromatic heterocycles. The van der Waals surface area contributed by atoms with Gasteiger partial charge in [-0.15, -0.1) is 0 Å². The molecule has 92 valence electrons. The second-order valence-corrected chi connectivity index (χ2v) is 6.84. The molecular formula is C15H26O. The van der Waals surface area contributed by atoms with Crippen LogP contribution >= 0.6 is 0 Å². The van der Waals surface area contributed by atoms with Gasteiger partial charge in [0.05, 0.1) is 5.60 Å². The lowest BCUT2D eigenvalue weighted by Crippen LogP contribution is -2.43. The summed E-state index contributed by atoms with van der Waals surface area (Å²) in [4.78, 5) is 0. The number of allylic oxidation sites excluding steroid dienone is 1. The van der Waals surface area contributed by atoms with Gasteiger partial charge in [-0.1, -0.05) is 19.1 Å². The fraction of sp³-hybridized carbons (Fsp3) is 0.867. The van der Waals surface area contributed by atoms with Gasteiger partial charge in [0.15, 0.2) is 0 Å². The lowest BCUT2D eigenvalue weighted by molar-refractivity contribution is -0.0406. The van der Waals surface area contributed by atoms with Crippen LogP contribution in [0.2, 0.25) is 0 Å². The second-order valence-electron chi connectivity index (χ2n) is 6.84. The van der Waals surface area contributed by atoms with Gasteiger partial charge in [-0.2, -0.15) is 0 Å². The molecule has 0 aromatic carbocycles. The molecule has 3 atom stereocenters. The normalized spacial score (nSPS) is 40.6. The Balaban J connectivity index is 2.15. The summed E-state index contributed by atoms with van der Waals surface area (Å²) in [6.45, 7) is 10.6. The average Bonchev–Trinajstić information content (AvgIpc) is 2.15. The maximum absolute atomic E-state index is 10.2. The van der Waals surface area contributed by atoms with Gasteiger partial charge in [0.25, 0.3) is 0 Å². The minimum atomic E-state index is -0.515. The molecule has 0 radical (unpaired) electrons. The first-order valence-electron chi connectivity index (χ1n) is 6.73. The molecule has 0 aromatic rings. The van der Waals surface area contributed by atoms with Crippen molar-refractivity contribution >= 4 is 0 Å². The van der Waals surface area contributed by atoms with E-state index in [-0.39, 0.29) is 0 Å². The van der Waals surface area contributed by atoms with Gasteiger partial charge >= 0.3 is 0 Å². The zero-order valence-electron chi connectivity index (χ0n) is 11.1. The van der Waals surface area contributed by atoms with Crippen LogP contribution in [-0.4, -0.2) is 10.7 Å². The van der Waals surface area contributed by atoms with Crippen LogP contribution in [0.4, 0.5) is 0 Å². The van der Waals surface area contributed by atoms with Gasteiger partial charge in [-0.05, 0) is 69.6 Å². The van der Waals surface area contributed by atoms with Crippen LogP contribution in [0.5, 0.6) is 0 Å². The van der Waals surface area contributed by atoms with Crippen molar-refractivity contribution in [1.82, 2.24) is 0 Å². The van der Waals surface area contributed by atoms with Crippen LogP contribution < -0.4 is 0 Å². The summed E-state index contributed by atoms with van der Waals surface area (Å²) in [5.41, 5.74) is 1.42. The highest BCUT2D eigenvalue weighted by Crippen LogP contribution is 2.54. The van der Waals surface area contributed by atoms with Gasteiger partial charge in [0.2, 0.25) is 0 Å². The minimum Gasteiger partial charge on any atom is -0.390 e. The van der Waals surface area contributed by atoms with Crippen molar-refractivity contribution < 1.29 is 5.11 Å². The van der Waals surface area contributed by atoms with Crippen molar-refractivity contribution in [2.75, 3.05) is 0 Å². The first kappa shape index (κ1) is 12.2. The lowest BCUT2D eigenvalue weighted by Gasteiger charge is -2.50. The van der Waals surface area contributed by atoms with Crippen LogP contribution in [0.1, 0.15) is 59.3 Å². The molecule has 16 heavy (non-hydrogen) atoms. The van der Waals surface area contributed by atoms with Gasteiger partial charge < -0.3 is 5.11 Å². The maximum atomic E-state index is 10.2. The zero-order valence-corrected chi connectivity index (χ0v) is 11.1. The molecule has 2 aliphatic rings. The number of hydrogen-bond donors (Lipinski definition) is 1. The summed E-state index contributed by atoms with van der Waals surface area (Å²) in [7, 11) is 0. The molecule has 1 nitrogen and oxygen atoms in total. The predicted molar refractivity (Wildman–Crippen MR) is 68.2 cm³/mol. The summed E-state index contributed by atoms with van der Waals surface area (Å²) in [5, 5.41) is 10.2. The largest absolute Gasteiger partial charge is 0.390 e. The molecule has 0 aliphatic heterocycles. The van der Waals surface area contributed by atoms with E-state index in [1.54, 1.807) is 0 Å². The number of hydrogen-bond acceptors (Lipinski definition) is 1. The fourth-order valence-electron chi connectivity index (χ4n) is 3.86. The summed E-state index contributed by atoms with van der Waals surface area (Å²) in [5.74, 6) is 1.12. The maximum Gasteiger partial charge on any atom is 0.0620 e. The van der Waals surface area contributed by atoms with Crippen LogP contribution in [0.15, 0.2) is 12.2 Å². The number of fused-ring (bicyclic) bond motifs is 1. The molecule has 0 amide bonds. The monoisotopic (exact) mass is 222 g/mol. The van der Waals surface area contributed by atoms with Gasteiger partial charge in [0.1, 0.15) is 0 Å². The Kier molecular flexibility index (Phi) is 2.94. The molecule has 2 fully saturated rings. The van der Waals surface area contributed by atoms with E-state index in [0.29, 0.717) is 17.3 Å². The lowest BCUT2D eigenvalue weighted by atomic mass is 9.55. The Bertz CT molecular complexity index is 286. The summed E-state index contributed by atoms with van der Waals surface area (Å²) in [6, 6.07) is 0. The first-order valence-corrected chi connectivity index (χ1v) is 6.73. The predicted octanol–water partition coefficient (Wildman–Crippen LogP) is 3.92.